The van der Waals surface area contributed by atoms with Gasteiger partial charge in [-0.05, 0) is 61.7 Å². The average Bonchev–Trinajstić information content (AvgIpc) is 3.06. The third-order valence-electron chi connectivity index (χ3n) is 7.77. The molecule has 46 heavy (non-hydrogen) atoms. The van der Waals surface area contributed by atoms with Crippen LogP contribution in [0.5, 0.6) is 5.75 Å². The van der Waals surface area contributed by atoms with Gasteiger partial charge in [0.15, 0.2) is 0 Å². The van der Waals surface area contributed by atoms with Crippen molar-refractivity contribution in [2.75, 3.05) is 18.0 Å². The Bertz CT molecular complexity index is 1720. The number of nitrogens with one attached hydrogen (secondary N) is 1. The number of nitrogens with zero attached hydrogens (tertiary/aromatic N) is 2. The van der Waals surface area contributed by atoms with E-state index >= 15 is 0 Å². The molecule has 0 saturated heterocycles. The molecule has 8 nitrogen and oxygen atoms in total. The van der Waals surface area contributed by atoms with Gasteiger partial charge in [-0.15, -0.1) is 0 Å². The van der Waals surface area contributed by atoms with E-state index in [-0.39, 0.29) is 46.3 Å². The van der Waals surface area contributed by atoms with Crippen LogP contribution in [0, 0.1) is 6.92 Å². The maximum absolute atomic E-state index is 14.6. The van der Waals surface area contributed by atoms with Gasteiger partial charge in [0.05, 0.1) is 17.7 Å². The number of hydrogen-bond donors (Lipinski definition) is 1. The van der Waals surface area contributed by atoms with E-state index < -0.39 is 28.5 Å². The fraction of sp³-hybridized carbons (Fsp3) is 0.278. The molecule has 4 rings (SSSR count). The Balaban J connectivity index is 1.84. The maximum atomic E-state index is 14.6. The molecule has 0 radical (unpaired) electrons. The monoisotopic (exact) mass is 661 g/mol. The van der Waals surface area contributed by atoms with Gasteiger partial charge in [-0.1, -0.05) is 96.9 Å². The van der Waals surface area contributed by atoms with E-state index in [9.17, 15) is 18.0 Å². The first kappa shape index (κ1) is 34.5. The lowest BCUT2D eigenvalue weighted by molar-refractivity contribution is -0.140. The van der Waals surface area contributed by atoms with E-state index in [1.54, 1.807) is 24.3 Å². The zero-order valence-electron chi connectivity index (χ0n) is 26.5. The second kappa shape index (κ2) is 15.8. The van der Waals surface area contributed by atoms with Crippen LogP contribution in [0.2, 0.25) is 5.02 Å². The summed E-state index contributed by atoms with van der Waals surface area (Å²) in [5, 5.41) is 3.31. The molecule has 0 fully saturated rings. The fourth-order valence-electron chi connectivity index (χ4n) is 4.98. The summed E-state index contributed by atoms with van der Waals surface area (Å²) in [5.74, 6) is -0.671. The van der Waals surface area contributed by atoms with Crippen LogP contribution in [0.15, 0.2) is 108 Å². The predicted octanol–water partition coefficient (Wildman–Crippen LogP) is 6.41. The molecular weight excluding hydrogens is 622 g/mol. The van der Waals surface area contributed by atoms with E-state index in [2.05, 4.69) is 5.32 Å². The number of aryl methyl sites for hydroxylation is 1. The highest BCUT2D eigenvalue weighted by molar-refractivity contribution is 7.92. The number of ether oxygens (including phenoxy) is 1. The first-order valence-corrected chi connectivity index (χ1v) is 17.0. The number of amides is 2. The molecule has 0 saturated carbocycles. The summed E-state index contributed by atoms with van der Waals surface area (Å²) in [6, 6.07) is 28.7. The van der Waals surface area contributed by atoms with Gasteiger partial charge in [-0.3, -0.25) is 13.9 Å². The molecule has 4 aromatic carbocycles. The van der Waals surface area contributed by atoms with Crippen molar-refractivity contribution in [2.24, 2.45) is 0 Å². The third-order valence-corrected chi connectivity index (χ3v) is 9.77. The number of carbonyl (C=O) groups excluding carboxylic acids is 2. The molecule has 2 amide bonds. The van der Waals surface area contributed by atoms with Gasteiger partial charge in [0.25, 0.3) is 10.0 Å². The molecule has 0 bridgehead atoms. The summed E-state index contributed by atoms with van der Waals surface area (Å²) < 4.78 is 35.1. The van der Waals surface area contributed by atoms with Crippen LogP contribution in [0.1, 0.15) is 37.0 Å². The molecule has 0 aliphatic carbocycles. The van der Waals surface area contributed by atoms with Gasteiger partial charge in [0, 0.05) is 24.0 Å². The van der Waals surface area contributed by atoms with Gasteiger partial charge < -0.3 is 15.0 Å². The minimum atomic E-state index is -4.30. The van der Waals surface area contributed by atoms with Crippen molar-refractivity contribution in [3.05, 3.63) is 125 Å². The summed E-state index contributed by atoms with van der Waals surface area (Å²) in [5.41, 5.74) is 2.64. The van der Waals surface area contributed by atoms with Gasteiger partial charge in [-0.2, -0.15) is 0 Å². The smallest absolute Gasteiger partial charge is 0.264 e. The van der Waals surface area contributed by atoms with E-state index in [1.165, 1.54) is 30.2 Å². The summed E-state index contributed by atoms with van der Waals surface area (Å²) in [7, 11) is -2.88. The summed E-state index contributed by atoms with van der Waals surface area (Å²) in [6.07, 6.45) is 0.931. The maximum Gasteiger partial charge on any atom is 0.264 e. The largest absolute Gasteiger partial charge is 0.495 e. The van der Waals surface area contributed by atoms with E-state index in [0.29, 0.717) is 6.42 Å². The molecule has 0 aliphatic heterocycles. The van der Waals surface area contributed by atoms with Crippen LogP contribution in [0.4, 0.5) is 5.69 Å². The minimum Gasteiger partial charge on any atom is -0.495 e. The molecule has 10 heteroatoms. The Morgan fingerprint density at radius 3 is 2.09 bits per heavy atom. The first-order valence-electron chi connectivity index (χ1n) is 15.1. The molecule has 2 atom stereocenters. The van der Waals surface area contributed by atoms with Crippen LogP contribution in [0.25, 0.3) is 0 Å². The molecule has 0 heterocycles. The fourth-order valence-corrected chi connectivity index (χ4v) is 6.57. The van der Waals surface area contributed by atoms with Crippen molar-refractivity contribution in [3.8, 4) is 5.75 Å². The molecule has 1 N–H and O–H groups in total. The van der Waals surface area contributed by atoms with Crippen LogP contribution in [-0.2, 0) is 32.6 Å². The molecule has 2 unspecified atom stereocenters. The normalized spacial score (nSPS) is 12.5. The lowest BCUT2D eigenvalue weighted by Gasteiger charge is -2.34. The Morgan fingerprint density at radius 1 is 0.891 bits per heavy atom. The second-order valence-corrected chi connectivity index (χ2v) is 13.5. The summed E-state index contributed by atoms with van der Waals surface area (Å²) in [4.78, 5) is 30.0. The topological polar surface area (TPSA) is 96.0 Å². The highest BCUT2D eigenvalue weighted by Gasteiger charge is 2.36. The Labute approximate surface area is 277 Å². The van der Waals surface area contributed by atoms with Crippen molar-refractivity contribution in [3.63, 3.8) is 0 Å². The zero-order chi connectivity index (χ0) is 33.3. The molecule has 0 spiro atoms. The van der Waals surface area contributed by atoms with Gasteiger partial charge in [-0.25, -0.2) is 8.42 Å². The zero-order valence-corrected chi connectivity index (χ0v) is 28.1. The quantitative estimate of drug-likeness (QED) is 0.169. The van der Waals surface area contributed by atoms with Crippen LogP contribution in [0.3, 0.4) is 0 Å². The van der Waals surface area contributed by atoms with Crippen LogP contribution >= 0.6 is 11.6 Å². The van der Waals surface area contributed by atoms with Crippen molar-refractivity contribution in [1.82, 2.24) is 10.2 Å². The van der Waals surface area contributed by atoms with E-state index in [0.717, 1.165) is 21.0 Å². The third kappa shape index (κ3) is 8.68. The summed E-state index contributed by atoms with van der Waals surface area (Å²) in [6.45, 7) is 5.20. The van der Waals surface area contributed by atoms with Crippen molar-refractivity contribution >= 4 is 39.1 Å². The van der Waals surface area contributed by atoms with E-state index in [4.69, 9.17) is 16.3 Å². The number of halogens is 1. The molecule has 0 aromatic heterocycles. The number of anilines is 1. The number of benzene rings is 4. The minimum absolute atomic E-state index is 0.00196. The molecular formula is C36H40ClN3O5S. The number of rotatable bonds is 14. The van der Waals surface area contributed by atoms with Crippen molar-refractivity contribution in [1.29, 1.82) is 0 Å². The standard InChI is InChI=1S/C36H40ClN3O5S/c1-5-27(3)38-36(42)33(22-28-12-8-6-9-13-28)39(24-29-14-10-7-11-15-29)35(41)25-40(32-23-30(37)18-21-34(32)45-4)46(43,44)31-19-16-26(2)17-20-31/h6-21,23,27,33H,5,22,24-25H2,1-4H3,(H,38,42). The highest BCUT2D eigenvalue weighted by atomic mass is 35.5. The lowest BCUT2D eigenvalue weighted by Crippen LogP contribution is -2.54. The Morgan fingerprint density at radius 2 is 1.50 bits per heavy atom. The van der Waals surface area contributed by atoms with E-state index in [1.807, 2.05) is 81.4 Å². The van der Waals surface area contributed by atoms with Gasteiger partial charge in [0.2, 0.25) is 11.8 Å². The number of sulfonamides is 1. The predicted molar refractivity (Wildman–Crippen MR) is 183 cm³/mol. The SMILES string of the molecule is CCC(C)NC(=O)C(Cc1ccccc1)N(Cc1ccccc1)C(=O)CN(c1cc(Cl)ccc1OC)S(=O)(=O)c1ccc(C)cc1. The first-order chi connectivity index (χ1) is 22.0. The van der Waals surface area contributed by atoms with Crippen molar-refractivity contribution < 1.29 is 22.7 Å². The highest BCUT2D eigenvalue weighted by Crippen LogP contribution is 2.35. The number of carbonyl (C=O) groups is 2. The second-order valence-electron chi connectivity index (χ2n) is 11.2. The van der Waals surface area contributed by atoms with Crippen LogP contribution in [-0.4, -0.2) is 50.9 Å². The average molecular weight is 662 g/mol. The van der Waals surface area contributed by atoms with Crippen molar-refractivity contribution in [2.45, 2.75) is 57.1 Å². The Hall–Kier alpha value is -4.34. The Kier molecular flexibility index (Phi) is 11.8. The number of methoxy groups -OCH3 is 1. The van der Waals surface area contributed by atoms with Gasteiger partial charge >= 0.3 is 0 Å². The lowest BCUT2D eigenvalue weighted by atomic mass is 10.0. The van der Waals surface area contributed by atoms with Gasteiger partial charge in [0.1, 0.15) is 18.3 Å². The molecule has 4 aromatic rings. The molecule has 0 aliphatic rings. The number of hydrogen-bond acceptors (Lipinski definition) is 5. The van der Waals surface area contributed by atoms with Crippen LogP contribution < -0.4 is 14.4 Å². The summed E-state index contributed by atoms with van der Waals surface area (Å²) >= 11 is 6.36. The molecule has 242 valence electrons.